The lowest BCUT2D eigenvalue weighted by molar-refractivity contribution is 0.211. The number of hydrogen-bond acceptors (Lipinski definition) is 5. The Bertz CT molecular complexity index is 446. The zero-order chi connectivity index (χ0) is 13.5. The first-order chi connectivity index (χ1) is 8.65. The van der Waals surface area contributed by atoms with Gasteiger partial charge >= 0.3 is 0 Å². The quantitative estimate of drug-likeness (QED) is 0.768. The van der Waals surface area contributed by atoms with Crippen LogP contribution in [0.1, 0.15) is 5.56 Å². The number of nitrogens with zero attached hydrogens (tertiary/aromatic N) is 1. The number of nitrogens with one attached hydrogen (secondary N) is 1. The molecule has 0 aliphatic rings. The van der Waals surface area contributed by atoms with Crippen molar-refractivity contribution in [1.29, 1.82) is 5.26 Å². The number of nitriles is 1. The first-order valence-corrected chi connectivity index (χ1v) is 5.83. The number of hydrogen-bond donors (Lipinski definition) is 2. The average Bonchev–Trinajstić information content (AvgIpc) is 2.43. The van der Waals surface area contributed by atoms with Crippen molar-refractivity contribution in [2.45, 2.75) is 6.10 Å². The Morgan fingerprint density at radius 3 is 2.50 bits per heavy atom. The monoisotopic (exact) mass is 270 g/mol. The molecule has 1 atom stereocenters. The number of aliphatic hydroxyl groups excluding tert-OH is 1. The van der Waals surface area contributed by atoms with E-state index >= 15 is 0 Å². The first-order valence-electron chi connectivity index (χ1n) is 5.30. The van der Waals surface area contributed by atoms with E-state index in [4.69, 9.17) is 26.3 Å². The van der Waals surface area contributed by atoms with E-state index in [0.29, 0.717) is 22.7 Å². The molecule has 1 aromatic rings. The van der Waals surface area contributed by atoms with E-state index in [-0.39, 0.29) is 12.4 Å². The molecule has 0 heterocycles. The molecule has 0 saturated carbocycles. The van der Waals surface area contributed by atoms with Crippen LogP contribution < -0.4 is 14.8 Å². The van der Waals surface area contributed by atoms with Gasteiger partial charge in [0, 0.05) is 18.7 Å². The molecule has 0 saturated heterocycles. The predicted octanol–water partition coefficient (Wildman–Crippen LogP) is 1.59. The molecular formula is C12H15ClN2O3. The molecule has 0 fully saturated rings. The van der Waals surface area contributed by atoms with Gasteiger partial charge in [-0.1, -0.05) is 0 Å². The molecule has 0 amide bonds. The molecule has 6 heteroatoms. The van der Waals surface area contributed by atoms with Gasteiger partial charge in [-0.05, 0) is 0 Å². The van der Waals surface area contributed by atoms with Crippen LogP contribution in [0.15, 0.2) is 12.1 Å². The van der Waals surface area contributed by atoms with E-state index in [0.717, 1.165) is 0 Å². The molecule has 1 unspecified atom stereocenters. The Kier molecular flexibility index (Phi) is 5.56. The second-order valence-corrected chi connectivity index (χ2v) is 3.86. The molecule has 0 bridgehead atoms. The van der Waals surface area contributed by atoms with Gasteiger partial charge in [0.15, 0.2) is 11.5 Å². The lowest BCUT2D eigenvalue weighted by atomic mass is 10.1. The zero-order valence-electron chi connectivity index (χ0n) is 10.2. The van der Waals surface area contributed by atoms with Crippen molar-refractivity contribution in [2.24, 2.45) is 0 Å². The molecule has 2 N–H and O–H groups in total. The number of rotatable bonds is 6. The van der Waals surface area contributed by atoms with Crippen LogP contribution in [0.4, 0.5) is 5.69 Å². The third-order valence-corrected chi connectivity index (χ3v) is 2.71. The fourth-order valence-electron chi connectivity index (χ4n) is 1.40. The van der Waals surface area contributed by atoms with Crippen molar-refractivity contribution in [1.82, 2.24) is 0 Å². The van der Waals surface area contributed by atoms with Crippen molar-refractivity contribution in [3.63, 3.8) is 0 Å². The van der Waals surface area contributed by atoms with Gasteiger partial charge in [-0.15, -0.1) is 11.6 Å². The molecule has 1 rings (SSSR count). The van der Waals surface area contributed by atoms with Crippen LogP contribution in [0.2, 0.25) is 0 Å². The molecule has 0 aliphatic heterocycles. The zero-order valence-corrected chi connectivity index (χ0v) is 11.0. The fourth-order valence-corrected chi connectivity index (χ4v) is 1.51. The summed E-state index contributed by atoms with van der Waals surface area (Å²) >= 11 is 5.50. The highest BCUT2D eigenvalue weighted by Gasteiger charge is 2.11. The second-order valence-electron chi connectivity index (χ2n) is 3.55. The number of anilines is 1. The normalized spacial score (nSPS) is 11.5. The maximum Gasteiger partial charge on any atom is 0.162 e. The van der Waals surface area contributed by atoms with E-state index in [1.54, 1.807) is 12.1 Å². The van der Waals surface area contributed by atoms with Gasteiger partial charge in [0.2, 0.25) is 0 Å². The number of aliphatic hydroxyl groups is 1. The van der Waals surface area contributed by atoms with Crippen LogP contribution in [-0.2, 0) is 0 Å². The summed E-state index contributed by atoms with van der Waals surface area (Å²) in [6.45, 7) is 0.258. The van der Waals surface area contributed by atoms with E-state index in [9.17, 15) is 5.11 Å². The van der Waals surface area contributed by atoms with Crippen LogP contribution in [0.5, 0.6) is 11.5 Å². The van der Waals surface area contributed by atoms with Gasteiger partial charge in [-0.25, -0.2) is 0 Å². The minimum Gasteiger partial charge on any atom is -0.493 e. The Morgan fingerprint density at radius 2 is 2.00 bits per heavy atom. The van der Waals surface area contributed by atoms with Crippen LogP contribution in [0.3, 0.4) is 0 Å². The maximum absolute atomic E-state index is 9.38. The minimum atomic E-state index is -0.675. The molecular weight excluding hydrogens is 256 g/mol. The van der Waals surface area contributed by atoms with Crippen LogP contribution in [-0.4, -0.2) is 37.9 Å². The van der Waals surface area contributed by atoms with E-state index in [1.807, 2.05) is 0 Å². The highest BCUT2D eigenvalue weighted by Crippen LogP contribution is 2.32. The smallest absolute Gasteiger partial charge is 0.162 e. The Balaban J connectivity index is 2.99. The predicted molar refractivity (Wildman–Crippen MR) is 69.5 cm³/mol. The Morgan fingerprint density at radius 1 is 1.39 bits per heavy atom. The van der Waals surface area contributed by atoms with Gasteiger partial charge in [0.25, 0.3) is 0 Å². The average molecular weight is 271 g/mol. The fraction of sp³-hybridized carbons (Fsp3) is 0.417. The summed E-state index contributed by atoms with van der Waals surface area (Å²) in [6.07, 6.45) is -0.675. The van der Waals surface area contributed by atoms with Gasteiger partial charge < -0.3 is 19.9 Å². The first kappa shape index (κ1) is 14.4. The van der Waals surface area contributed by atoms with E-state index < -0.39 is 6.10 Å². The molecule has 0 radical (unpaired) electrons. The molecule has 0 aliphatic carbocycles. The van der Waals surface area contributed by atoms with Crippen molar-refractivity contribution in [3.8, 4) is 17.6 Å². The van der Waals surface area contributed by atoms with Crippen molar-refractivity contribution in [3.05, 3.63) is 17.7 Å². The molecule has 98 valence electrons. The highest BCUT2D eigenvalue weighted by molar-refractivity contribution is 6.18. The topological polar surface area (TPSA) is 74.5 Å². The summed E-state index contributed by atoms with van der Waals surface area (Å²) in [5.41, 5.74) is 0.980. The summed E-state index contributed by atoms with van der Waals surface area (Å²) in [7, 11) is 3.02. The van der Waals surface area contributed by atoms with Gasteiger partial charge in [-0.2, -0.15) is 5.26 Å². The van der Waals surface area contributed by atoms with Crippen molar-refractivity contribution in [2.75, 3.05) is 32.0 Å². The molecule has 1 aromatic carbocycles. The number of halogens is 1. The summed E-state index contributed by atoms with van der Waals surface area (Å²) in [4.78, 5) is 0. The molecule has 18 heavy (non-hydrogen) atoms. The lowest BCUT2D eigenvalue weighted by Gasteiger charge is -2.14. The lowest BCUT2D eigenvalue weighted by Crippen LogP contribution is -2.21. The summed E-state index contributed by atoms with van der Waals surface area (Å²) in [5.74, 6) is 1.12. The summed E-state index contributed by atoms with van der Waals surface area (Å²) in [5, 5.41) is 21.4. The number of alkyl halides is 1. The molecule has 5 nitrogen and oxygen atoms in total. The maximum atomic E-state index is 9.38. The van der Waals surface area contributed by atoms with Gasteiger partial charge in [0.05, 0.1) is 37.5 Å². The van der Waals surface area contributed by atoms with Crippen LogP contribution in [0, 0.1) is 11.3 Å². The van der Waals surface area contributed by atoms with E-state index in [2.05, 4.69) is 11.4 Å². The number of benzene rings is 1. The molecule has 0 aromatic heterocycles. The standard InChI is InChI=1S/C12H15ClN2O3/c1-17-11-3-8(6-14)10(4-12(11)18-2)15-7-9(16)5-13/h3-4,9,15-16H,5,7H2,1-2H3. The number of ether oxygens (including phenoxy) is 2. The minimum absolute atomic E-state index is 0.127. The Hall–Kier alpha value is -1.64. The molecule has 0 spiro atoms. The second kappa shape index (κ2) is 6.94. The largest absolute Gasteiger partial charge is 0.493 e. The van der Waals surface area contributed by atoms with E-state index in [1.165, 1.54) is 14.2 Å². The van der Waals surface area contributed by atoms with Crippen molar-refractivity contribution >= 4 is 17.3 Å². The SMILES string of the molecule is COc1cc(C#N)c(NCC(O)CCl)cc1OC. The van der Waals surface area contributed by atoms with Crippen molar-refractivity contribution < 1.29 is 14.6 Å². The third-order valence-electron chi connectivity index (χ3n) is 2.35. The van der Waals surface area contributed by atoms with Crippen LogP contribution >= 0.6 is 11.6 Å². The highest BCUT2D eigenvalue weighted by atomic mass is 35.5. The number of methoxy groups -OCH3 is 2. The Labute approximate surface area is 111 Å². The van der Waals surface area contributed by atoms with Gasteiger partial charge in [0.1, 0.15) is 6.07 Å². The van der Waals surface area contributed by atoms with Crippen LogP contribution in [0.25, 0.3) is 0 Å². The third kappa shape index (κ3) is 3.42. The summed E-state index contributed by atoms with van der Waals surface area (Å²) < 4.78 is 10.3. The van der Waals surface area contributed by atoms with Gasteiger partial charge in [-0.3, -0.25) is 0 Å². The summed E-state index contributed by atoms with van der Waals surface area (Å²) in [6, 6.07) is 5.28.